The highest BCUT2D eigenvalue weighted by Gasteiger charge is 2.88. The quantitative estimate of drug-likeness (QED) is 0.331. The lowest BCUT2D eigenvalue weighted by Gasteiger charge is -2.57. The average Bonchev–Trinajstić information content (AvgIpc) is 3.18. The van der Waals surface area contributed by atoms with Gasteiger partial charge in [0, 0.05) is 43.2 Å². The van der Waals surface area contributed by atoms with E-state index in [1.54, 1.807) is 38.4 Å². The molecule has 0 radical (unpaired) electrons. The molecule has 4 aromatic rings. The molecule has 4 aliphatic rings. The molecule has 1 atom stereocenters. The molecule has 4 saturated carbocycles. The van der Waals surface area contributed by atoms with E-state index in [2.05, 4.69) is 10.6 Å². The summed E-state index contributed by atoms with van der Waals surface area (Å²) in [6, 6.07) is 16.8. The van der Waals surface area contributed by atoms with Crippen LogP contribution in [0.5, 0.6) is 0 Å². The fourth-order valence-electron chi connectivity index (χ4n) is 7.00. The van der Waals surface area contributed by atoms with Crippen LogP contribution < -0.4 is 10.6 Å². The maximum atomic E-state index is 13.7. The number of nitrogens with one attached hydrogen (secondary N) is 2. The fraction of sp³-hybridized carbons (Fsp3) is 0.303. The summed E-state index contributed by atoms with van der Waals surface area (Å²) in [5, 5.41) is 6.55. The normalized spacial score (nSPS) is 23.2. The first-order valence-corrected chi connectivity index (χ1v) is 13.9. The Morgan fingerprint density at radius 2 is 1.76 bits per heavy atom. The van der Waals surface area contributed by atoms with E-state index in [0.717, 1.165) is 17.5 Å². The minimum atomic E-state index is -0.396. The SMILES string of the molecule is CNC(=O)c1c(-c2ccc(F)cc2)oc2cc(CC(=O)N(C)C)c(-c3cccc(C(=O)NC45CC46CC5C6)c3)cc12. The van der Waals surface area contributed by atoms with Gasteiger partial charge in [0.1, 0.15) is 17.2 Å². The highest BCUT2D eigenvalue weighted by atomic mass is 19.1. The van der Waals surface area contributed by atoms with Crippen molar-refractivity contribution >= 4 is 28.7 Å². The van der Waals surface area contributed by atoms with E-state index in [4.69, 9.17) is 4.42 Å². The zero-order valence-electron chi connectivity index (χ0n) is 23.1. The maximum Gasteiger partial charge on any atom is 0.255 e. The van der Waals surface area contributed by atoms with Crippen LogP contribution in [0, 0.1) is 17.2 Å². The Kier molecular flexibility index (Phi) is 5.45. The largest absolute Gasteiger partial charge is 0.455 e. The highest BCUT2D eigenvalue weighted by molar-refractivity contribution is 6.12. The van der Waals surface area contributed by atoms with Gasteiger partial charge in [-0.05, 0) is 95.8 Å². The fourth-order valence-corrected chi connectivity index (χ4v) is 7.00. The zero-order chi connectivity index (χ0) is 28.7. The number of benzene rings is 3. The molecule has 4 aliphatic carbocycles. The lowest BCUT2D eigenvalue weighted by atomic mass is 9.52. The van der Waals surface area contributed by atoms with E-state index in [1.165, 1.54) is 36.9 Å². The summed E-state index contributed by atoms with van der Waals surface area (Å²) in [5.74, 6) is -0.00745. The summed E-state index contributed by atoms with van der Waals surface area (Å²) >= 11 is 0. The molecule has 3 amide bonds. The van der Waals surface area contributed by atoms with Gasteiger partial charge >= 0.3 is 0 Å². The number of carbonyl (C=O) groups excluding carboxylic acids is 3. The van der Waals surface area contributed by atoms with Crippen molar-refractivity contribution in [3.8, 4) is 22.5 Å². The molecule has 8 heteroatoms. The van der Waals surface area contributed by atoms with Crippen molar-refractivity contribution in [1.82, 2.24) is 15.5 Å². The summed E-state index contributed by atoms with van der Waals surface area (Å²) in [6.07, 6.45) is 3.65. The summed E-state index contributed by atoms with van der Waals surface area (Å²) < 4.78 is 19.9. The number of likely N-dealkylation sites (N-methyl/N-ethyl adjacent to an activating group) is 1. The third kappa shape index (κ3) is 3.73. The summed E-state index contributed by atoms with van der Waals surface area (Å²) in [7, 11) is 4.94. The van der Waals surface area contributed by atoms with Gasteiger partial charge in [-0.3, -0.25) is 14.4 Å². The van der Waals surface area contributed by atoms with Gasteiger partial charge in [-0.2, -0.15) is 0 Å². The first-order valence-electron chi connectivity index (χ1n) is 13.9. The van der Waals surface area contributed by atoms with E-state index in [0.29, 0.717) is 50.3 Å². The molecule has 41 heavy (non-hydrogen) atoms. The number of rotatable bonds is 7. The summed E-state index contributed by atoms with van der Waals surface area (Å²) in [6.45, 7) is 0. The van der Waals surface area contributed by atoms with Gasteiger partial charge in [0.2, 0.25) is 5.91 Å². The second-order valence-corrected chi connectivity index (χ2v) is 11.9. The van der Waals surface area contributed by atoms with Gasteiger partial charge < -0.3 is 20.0 Å². The first kappa shape index (κ1) is 25.5. The smallest absolute Gasteiger partial charge is 0.255 e. The van der Waals surface area contributed by atoms with Gasteiger partial charge in [0.05, 0.1) is 12.0 Å². The lowest BCUT2D eigenvalue weighted by Crippen LogP contribution is -2.63. The molecule has 1 heterocycles. The van der Waals surface area contributed by atoms with Crippen LogP contribution in [-0.2, 0) is 11.2 Å². The molecule has 0 aliphatic heterocycles. The van der Waals surface area contributed by atoms with E-state index in [-0.39, 0.29) is 29.7 Å². The third-order valence-corrected chi connectivity index (χ3v) is 9.50. The molecule has 208 valence electrons. The zero-order valence-corrected chi connectivity index (χ0v) is 23.1. The van der Waals surface area contributed by atoms with Gasteiger partial charge in [0.25, 0.3) is 11.8 Å². The van der Waals surface area contributed by atoms with E-state index >= 15 is 0 Å². The van der Waals surface area contributed by atoms with Gasteiger partial charge in [-0.25, -0.2) is 4.39 Å². The van der Waals surface area contributed by atoms with Crippen molar-refractivity contribution in [3.05, 3.63) is 83.2 Å². The number of hydrogen-bond donors (Lipinski definition) is 2. The predicted molar refractivity (Wildman–Crippen MR) is 153 cm³/mol. The van der Waals surface area contributed by atoms with E-state index < -0.39 is 5.82 Å². The third-order valence-electron chi connectivity index (χ3n) is 9.50. The minimum absolute atomic E-state index is 0.0122. The van der Waals surface area contributed by atoms with Gasteiger partial charge in [0.15, 0.2) is 0 Å². The van der Waals surface area contributed by atoms with Crippen LogP contribution in [0.1, 0.15) is 45.5 Å². The van der Waals surface area contributed by atoms with Crippen LogP contribution >= 0.6 is 0 Å². The molecule has 1 unspecified atom stereocenters. The van der Waals surface area contributed by atoms with Gasteiger partial charge in [-0.1, -0.05) is 12.1 Å². The van der Waals surface area contributed by atoms with Crippen LogP contribution in [-0.4, -0.2) is 49.3 Å². The van der Waals surface area contributed by atoms with Crippen molar-refractivity contribution in [1.29, 1.82) is 0 Å². The van der Waals surface area contributed by atoms with E-state index in [1.807, 2.05) is 24.3 Å². The van der Waals surface area contributed by atoms with Gasteiger partial charge in [-0.15, -0.1) is 0 Å². The minimum Gasteiger partial charge on any atom is -0.455 e. The molecule has 0 saturated heterocycles. The Hall–Kier alpha value is -4.46. The second kappa shape index (κ2) is 8.77. The molecular weight excluding hydrogens is 521 g/mol. The molecule has 2 N–H and O–H groups in total. The standard InChI is InChI=1S/C33H30FN3O4/c1-35-31(40)28-25-14-24(19-5-4-6-20(11-19)30(39)36-33-17-32(33)15-22(33)16-32)21(13-27(38)37(2)3)12-26(25)41-29(28)18-7-9-23(34)10-8-18/h4-12,14,22H,13,15-17H2,1-3H3,(H,35,40)(H,36,39). The summed E-state index contributed by atoms with van der Waals surface area (Å²) in [4.78, 5) is 40.8. The first-order chi connectivity index (χ1) is 19.6. The Bertz CT molecular complexity index is 1770. The Morgan fingerprint density at radius 3 is 2.37 bits per heavy atom. The maximum absolute atomic E-state index is 13.7. The van der Waals surface area contributed by atoms with Crippen molar-refractivity contribution in [2.45, 2.75) is 31.2 Å². The van der Waals surface area contributed by atoms with Crippen molar-refractivity contribution in [2.75, 3.05) is 21.1 Å². The molecule has 3 aromatic carbocycles. The predicted octanol–water partition coefficient (Wildman–Crippen LogP) is 5.18. The van der Waals surface area contributed by atoms with Crippen LogP contribution in [0.2, 0.25) is 0 Å². The Labute approximate surface area is 236 Å². The Morgan fingerprint density at radius 1 is 1.00 bits per heavy atom. The molecule has 8 rings (SSSR count). The second-order valence-electron chi connectivity index (χ2n) is 11.9. The van der Waals surface area contributed by atoms with Crippen molar-refractivity contribution in [3.63, 3.8) is 0 Å². The van der Waals surface area contributed by atoms with Crippen LogP contribution in [0.4, 0.5) is 4.39 Å². The van der Waals surface area contributed by atoms with E-state index in [9.17, 15) is 18.8 Å². The molecule has 1 aromatic heterocycles. The molecular formula is C33H30FN3O4. The topological polar surface area (TPSA) is 91.7 Å². The molecule has 4 fully saturated rings. The molecule has 7 nitrogen and oxygen atoms in total. The molecule has 2 bridgehead atoms. The van der Waals surface area contributed by atoms with Crippen LogP contribution in [0.3, 0.4) is 0 Å². The summed E-state index contributed by atoms with van der Waals surface area (Å²) in [5.41, 5.74) is 4.42. The number of amides is 3. The number of halogens is 1. The number of fused-ring (bicyclic) bond motifs is 1. The van der Waals surface area contributed by atoms with Crippen molar-refractivity contribution < 1.29 is 23.2 Å². The monoisotopic (exact) mass is 551 g/mol. The number of carbonyl (C=O) groups is 3. The van der Waals surface area contributed by atoms with Crippen LogP contribution in [0.25, 0.3) is 33.4 Å². The van der Waals surface area contributed by atoms with Crippen molar-refractivity contribution in [2.24, 2.45) is 11.3 Å². The lowest BCUT2D eigenvalue weighted by molar-refractivity contribution is -0.127. The Balaban J connectivity index is 1.34. The number of furan rings is 1. The number of nitrogens with zero attached hydrogens (tertiary/aromatic N) is 1. The number of hydrogen-bond acceptors (Lipinski definition) is 4. The highest BCUT2D eigenvalue weighted by Crippen LogP contribution is 2.87. The average molecular weight is 552 g/mol. The molecule has 1 spiro atoms. The van der Waals surface area contributed by atoms with Crippen LogP contribution in [0.15, 0.2) is 65.1 Å².